The van der Waals surface area contributed by atoms with Crippen molar-refractivity contribution in [2.24, 2.45) is 0 Å². The summed E-state index contributed by atoms with van der Waals surface area (Å²) in [5.74, 6) is 1.57. The fourth-order valence-corrected chi connectivity index (χ4v) is 3.20. The zero-order valence-electron chi connectivity index (χ0n) is 8.74. The van der Waals surface area contributed by atoms with E-state index in [0.29, 0.717) is 0 Å². The second-order valence-electron chi connectivity index (χ2n) is 4.41. The molecule has 0 spiro atoms. The molecule has 0 radical (unpaired) electrons. The van der Waals surface area contributed by atoms with E-state index < -0.39 is 0 Å². The van der Waals surface area contributed by atoms with Crippen LogP contribution in [0.3, 0.4) is 0 Å². The lowest BCUT2D eigenvalue weighted by Gasteiger charge is -2.20. The van der Waals surface area contributed by atoms with Crippen LogP contribution in [0.5, 0.6) is 0 Å². The molecule has 2 heterocycles. The van der Waals surface area contributed by atoms with Crippen LogP contribution in [0.1, 0.15) is 48.2 Å². The predicted molar refractivity (Wildman–Crippen MR) is 66.2 cm³/mol. The molecule has 15 heavy (non-hydrogen) atoms. The summed E-state index contributed by atoms with van der Waals surface area (Å²) >= 11 is 1.89. The Hall–Kier alpha value is -0.120. The van der Waals surface area contributed by atoms with Gasteiger partial charge in [0, 0.05) is 17.2 Å². The summed E-state index contributed by atoms with van der Waals surface area (Å²) in [7, 11) is 0. The summed E-state index contributed by atoms with van der Waals surface area (Å²) in [6, 6.07) is 0. The topological polar surface area (TPSA) is 24.9 Å². The Morgan fingerprint density at radius 2 is 1.87 bits per heavy atom. The van der Waals surface area contributed by atoms with Crippen LogP contribution >= 0.6 is 23.7 Å². The van der Waals surface area contributed by atoms with Gasteiger partial charge in [0.15, 0.2) is 0 Å². The molecule has 0 atom stereocenters. The molecule has 0 bridgehead atoms. The van der Waals surface area contributed by atoms with Gasteiger partial charge in [-0.15, -0.1) is 23.7 Å². The Labute approximate surface area is 101 Å². The van der Waals surface area contributed by atoms with Gasteiger partial charge < -0.3 is 5.32 Å². The summed E-state index contributed by atoms with van der Waals surface area (Å²) in [5, 5.41) is 7.09. The molecule has 1 saturated carbocycles. The largest absolute Gasteiger partial charge is 0.317 e. The minimum absolute atomic E-state index is 0. The number of hydrogen-bond acceptors (Lipinski definition) is 3. The summed E-state index contributed by atoms with van der Waals surface area (Å²) < 4.78 is 0. The highest BCUT2D eigenvalue weighted by atomic mass is 35.5. The van der Waals surface area contributed by atoms with E-state index in [4.69, 9.17) is 4.98 Å². The van der Waals surface area contributed by atoms with Crippen LogP contribution in [0, 0.1) is 0 Å². The number of thiazole rings is 1. The van der Waals surface area contributed by atoms with Crippen LogP contribution < -0.4 is 5.32 Å². The van der Waals surface area contributed by atoms with Crippen LogP contribution in [0.2, 0.25) is 0 Å². The van der Waals surface area contributed by atoms with Gasteiger partial charge in [-0.05, 0) is 38.8 Å². The van der Waals surface area contributed by atoms with Crippen molar-refractivity contribution in [1.29, 1.82) is 0 Å². The van der Waals surface area contributed by atoms with E-state index in [1.165, 1.54) is 49.5 Å². The van der Waals surface area contributed by atoms with E-state index in [0.717, 1.165) is 11.8 Å². The van der Waals surface area contributed by atoms with Gasteiger partial charge in [0.05, 0.1) is 10.7 Å². The lowest BCUT2D eigenvalue weighted by atomic mass is 9.99. The van der Waals surface area contributed by atoms with Crippen LogP contribution in [0.4, 0.5) is 0 Å². The molecule has 2 nitrogen and oxygen atoms in total. The van der Waals surface area contributed by atoms with Gasteiger partial charge >= 0.3 is 0 Å². The monoisotopic (exact) mass is 244 g/mol. The number of nitrogens with zero attached hydrogens (tertiary/aromatic N) is 1. The first-order chi connectivity index (χ1) is 6.93. The van der Waals surface area contributed by atoms with Gasteiger partial charge in [0.2, 0.25) is 0 Å². The average molecular weight is 245 g/mol. The highest BCUT2D eigenvalue weighted by Crippen LogP contribution is 2.41. The van der Waals surface area contributed by atoms with Crippen molar-refractivity contribution in [1.82, 2.24) is 10.3 Å². The first-order valence-corrected chi connectivity index (χ1v) is 6.47. The van der Waals surface area contributed by atoms with Gasteiger partial charge in [-0.25, -0.2) is 4.98 Å². The molecule has 2 aliphatic rings. The number of rotatable bonds is 2. The third-order valence-corrected chi connectivity index (χ3v) is 4.25. The summed E-state index contributed by atoms with van der Waals surface area (Å²) in [5.41, 5.74) is 1.38. The van der Waals surface area contributed by atoms with E-state index in [9.17, 15) is 0 Å². The Morgan fingerprint density at radius 1 is 1.13 bits per heavy atom. The second-order valence-corrected chi connectivity index (χ2v) is 5.30. The smallest absolute Gasteiger partial charge is 0.0960 e. The van der Waals surface area contributed by atoms with Crippen LogP contribution in [0.15, 0.2) is 5.38 Å². The lowest BCUT2D eigenvalue weighted by Crippen LogP contribution is -2.26. The molecule has 84 valence electrons. The van der Waals surface area contributed by atoms with Crippen LogP contribution in [-0.2, 0) is 0 Å². The number of aromatic nitrogens is 1. The van der Waals surface area contributed by atoms with Crippen molar-refractivity contribution in [2.45, 2.75) is 37.5 Å². The molecule has 0 unspecified atom stereocenters. The SMILES string of the molecule is Cl.c1sc(C2CCNCC2)nc1C1CC1. The Bertz CT molecular complexity index is 316. The van der Waals surface area contributed by atoms with Crippen molar-refractivity contribution >= 4 is 23.7 Å². The standard InChI is InChI=1S/C11H16N2S.ClH/c1-2-8(1)10-7-14-11(13-10)9-3-5-12-6-4-9;/h7-9,12H,1-6H2;1H. The molecule has 0 amide bonds. The lowest BCUT2D eigenvalue weighted by molar-refractivity contribution is 0.458. The molecule has 1 saturated heterocycles. The quantitative estimate of drug-likeness (QED) is 0.866. The Kier molecular flexibility index (Phi) is 3.65. The van der Waals surface area contributed by atoms with E-state index in [-0.39, 0.29) is 12.4 Å². The minimum Gasteiger partial charge on any atom is -0.317 e. The molecular weight excluding hydrogens is 228 g/mol. The molecular formula is C11H17ClN2S. The van der Waals surface area contributed by atoms with Crippen molar-refractivity contribution in [2.75, 3.05) is 13.1 Å². The summed E-state index contributed by atoms with van der Waals surface area (Å²) in [6.07, 6.45) is 5.29. The maximum atomic E-state index is 4.79. The Morgan fingerprint density at radius 3 is 2.53 bits per heavy atom. The van der Waals surface area contributed by atoms with E-state index >= 15 is 0 Å². The van der Waals surface area contributed by atoms with Crippen LogP contribution in [-0.4, -0.2) is 18.1 Å². The van der Waals surface area contributed by atoms with Gasteiger partial charge in [0.1, 0.15) is 0 Å². The molecule has 1 aromatic rings. The van der Waals surface area contributed by atoms with Gasteiger partial charge in [-0.3, -0.25) is 0 Å². The second kappa shape index (κ2) is 4.81. The number of hydrogen-bond donors (Lipinski definition) is 1. The van der Waals surface area contributed by atoms with Crippen molar-refractivity contribution < 1.29 is 0 Å². The molecule has 1 N–H and O–H groups in total. The molecule has 1 aliphatic heterocycles. The summed E-state index contributed by atoms with van der Waals surface area (Å²) in [4.78, 5) is 4.79. The first kappa shape index (κ1) is 11.4. The summed E-state index contributed by atoms with van der Waals surface area (Å²) in [6.45, 7) is 2.34. The van der Waals surface area contributed by atoms with Gasteiger partial charge in [-0.1, -0.05) is 0 Å². The molecule has 0 aromatic carbocycles. The minimum atomic E-state index is 0. The van der Waals surface area contributed by atoms with Gasteiger partial charge in [-0.2, -0.15) is 0 Å². The van der Waals surface area contributed by atoms with Crippen LogP contribution in [0.25, 0.3) is 0 Å². The first-order valence-electron chi connectivity index (χ1n) is 5.59. The molecule has 1 aromatic heterocycles. The van der Waals surface area contributed by atoms with Gasteiger partial charge in [0.25, 0.3) is 0 Å². The van der Waals surface area contributed by atoms with Crippen molar-refractivity contribution in [3.63, 3.8) is 0 Å². The maximum absolute atomic E-state index is 4.79. The molecule has 1 aliphatic carbocycles. The van der Waals surface area contributed by atoms with Crippen molar-refractivity contribution in [3.8, 4) is 0 Å². The van der Waals surface area contributed by atoms with E-state index in [1.54, 1.807) is 0 Å². The predicted octanol–water partition coefficient (Wildman–Crippen LogP) is 2.91. The zero-order valence-corrected chi connectivity index (χ0v) is 10.4. The molecule has 2 fully saturated rings. The number of piperidine rings is 1. The third-order valence-electron chi connectivity index (χ3n) is 3.22. The Balaban J connectivity index is 0.000000853. The highest BCUT2D eigenvalue weighted by Gasteiger charge is 2.27. The maximum Gasteiger partial charge on any atom is 0.0960 e. The highest BCUT2D eigenvalue weighted by molar-refractivity contribution is 7.09. The van der Waals surface area contributed by atoms with E-state index in [2.05, 4.69) is 10.7 Å². The normalized spacial score (nSPS) is 22.4. The number of halogens is 1. The van der Waals surface area contributed by atoms with Crippen molar-refractivity contribution in [3.05, 3.63) is 16.1 Å². The molecule has 4 heteroatoms. The average Bonchev–Trinajstić information content (AvgIpc) is 2.98. The fraction of sp³-hybridized carbons (Fsp3) is 0.727. The van der Waals surface area contributed by atoms with E-state index in [1.807, 2.05) is 11.3 Å². The third kappa shape index (κ3) is 2.52. The zero-order chi connectivity index (χ0) is 9.38. The molecule has 3 rings (SSSR count). The fourth-order valence-electron chi connectivity index (χ4n) is 2.12. The number of nitrogens with one attached hydrogen (secondary N) is 1.